The Morgan fingerprint density at radius 1 is 1.14 bits per heavy atom. The number of benzene rings is 2. The van der Waals surface area contributed by atoms with Gasteiger partial charge in [0.1, 0.15) is 5.75 Å². The van der Waals surface area contributed by atoms with E-state index in [4.69, 9.17) is 27.9 Å². The van der Waals surface area contributed by atoms with Gasteiger partial charge in [-0.25, -0.2) is 0 Å². The van der Waals surface area contributed by atoms with Gasteiger partial charge in [0.05, 0.1) is 13.2 Å². The van der Waals surface area contributed by atoms with Gasteiger partial charge in [0.25, 0.3) is 0 Å². The van der Waals surface area contributed by atoms with Crippen molar-refractivity contribution >= 4 is 45.8 Å². The molecule has 0 spiro atoms. The van der Waals surface area contributed by atoms with Crippen molar-refractivity contribution in [3.8, 4) is 5.75 Å². The molecule has 0 aromatic heterocycles. The van der Waals surface area contributed by atoms with E-state index in [1.807, 2.05) is 36.4 Å². The molecule has 0 heterocycles. The van der Waals surface area contributed by atoms with Crippen LogP contribution in [0.25, 0.3) is 0 Å². The topological polar surface area (TPSA) is 21.3 Å². The number of methoxy groups -OCH3 is 1. The molecule has 0 bridgehead atoms. The van der Waals surface area contributed by atoms with Gasteiger partial charge < -0.3 is 10.1 Å². The Bertz CT molecular complexity index is 634. The first-order chi connectivity index (χ1) is 10.1. The molecule has 0 fully saturated rings. The SMILES string of the molecule is CCNC(c1ccc(OC)cc1Cl)c1cc(Cl)ccc1I. The molecule has 21 heavy (non-hydrogen) atoms. The van der Waals surface area contributed by atoms with Gasteiger partial charge in [-0.1, -0.05) is 36.2 Å². The Morgan fingerprint density at radius 3 is 2.52 bits per heavy atom. The van der Waals surface area contributed by atoms with Gasteiger partial charge >= 0.3 is 0 Å². The molecule has 5 heteroatoms. The number of ether oxygens (including phenoxy) is 1. The second-order valence-corrected chi connectivity index (χ2v) is 6.55. The summed E-state index contributed by atoms with van der Waals surface area (Å²) in [6.45, 7) is 2.90. The van der Waals surface area contributed by atoms with E-state index in [1.165, 1.54) is 0 Å². The van der Waals surface area contributed by atoms with E-state index < -0.39 is 0 Å². The van der Waals surface area contributed by atoms with Crippen molar-refractivity contribution in [2.75, 3.05) is 13.7 Å². The zero-order valence-corrected chi connectivity index (χ0v) is 15.5. The minimum absolute atomic E-state index is 0.000920. The molecule has 112 valence electrons. The van der Waals surface area contributed by atoms with Gasteiger partial charge in [0.2, 0.25) is 0 Å². The van der Waals surface area contributed by atoms with Crippen LogP contribution in [0.3, 0.4) is 0 Å². The van der Waals surface area contributed by atoms with E-state index in [9.17, 15) is 0 Å². The van der Waals surface area contributed by atoms with Crippen LogP contribution in [0.2, 0.25) is 10.0 Å². The Balaban J connectivity index is 2.50. The number of hydrogen-bond acceptors (Lipinski definition) is 2. The minimum Gasteiger partial charge on any atom is -0.497 e. The van der Waals surface area contributed by atoms with Crippen molar-refractivity contribution in [3.63, 3.8) is 0 Å². The van der Waals surface area contributed by atoms with Crippen LogP contribution in [-0.4, -0.2) is 13.7 Å². The third-order valence-corrected chi connectivity index (χ3v) is 4.74. The molecule has 1 N–H and O–H groups in total. The summed E-state index contributed by atoms with van der Waals surface area (Å²) in [5.74, 6) is 0.750. The smallest absolute Gasteiger partial charge is 0.120 e. The summed E-state index contributed by atoms with van der Waals surface area (Å²) in [4.78, 5) is 0. The summed E-state index contributed by atoms with van der Waals surface area (Å²) in [6.07, 6.45) is 0. The van der Waals surface area contributed by atoms with Gasteiger partial charge in [0, 0.05) is 13.6 Å². The van der Waals surface area contributed by atoms with E-state index >= 15 is 0 Å². The molecule has 2 nitrogen and oxygen atoms in total. The molecule has 2 aromatic rings. The van der Waals surface area contributed by atoms with Crippen LogP contribution in [0.4, 0.5) is 0 Å². The molecular weight excluding hydrogens is 420 g/mol. The average molecular weight is 436 g/mol. The van der Waals surface area contributed by atoms with Crippen LogP contribution in [0.15, 0.2) is 36.4 Å². The second-order valence-electron chi connectivity index (χ2n) is 4.54. The first-order valence-corrected chi connectivity index (χ1v) is 8.42. The molecule has 0 saturated carbocycles. The lowest BCUT2D eigenvalue weighted by atomic mass is 9.98. The minimum atomic E-state index is -0.000920. The fraction of sp³-hybridized carbons (Fsp3) is 0.250. The monoisotopic (exact) mass is 435 g/mol. The lowest BCUT2D eigenvalue weighted by molar-refractivity contribution is 0.414. The molecule has 0 radical (unpaired) electrons. The molecule has 1 unspecified atom stereocenters. The van der Waals surface area contributed by atoms with Gasteiger partial charge in [-0.15, -0.1) is 0 Å². The molecule has 0 aliphatic heterocycles. The van der Waals surface area contributed by atoms with E-state index in [2.05, 4.69) is 34.8 Å². The van der Waals surface area contributed by atoms with Crippen molar-refractivity contribution in [1.82, 2.24) is 5.32 Å². The van der Waals surface area contributed by atoms with E-state index in [-0.39, 0.29) is 6.04 Å². The van der Waals surface area contributed by atoms with Crippen LogP contribution in [-0.2, 0) is 0 Å². The fourth-order valence-corrected chi connectivity index (χ4v) is 3.30. The largest absolute Gasteiger partial charge is 0.497 e. The number of rotatable bonds is 5. The Morgan fingerprint density at radius 2 is 1.90 bits per heavy atom. The van der Waals surface area contributed by atoms with Gasteiger partial charge in [-0.3, -0.25) is 0 Å². The maximum Gasteiger partial charge on any atom is 0.120 e. The Labute approximate surface area is 148 Å². The highest BCUT2D eigenvalue weighted by Gasteiger charge is 2.19. The van der Waals surface area contributed by atoms with Crippen molar-refractivity contribution < 1.29 is 4.74 Å². The van der Waals surface area contributed by atoms with E-state index in [0.29, 0.717) is 5.02 Å². The standard InChI is InChI=1S/C16H16Cl2INO/c1-3-20-16(13-8-10(17)4-7-15(13)19)12-6-5-11(21-2)9-14(12)18/h4-9,16,20H,3H2,1-2H3. The predicted molar refractivity (Wildman–Crippen MR) is 97.7 cm³/mol. The second kappa shape index (κ2) is 7.68. The fourth-order valence-electron chi connectivity index (χ4n) is 2.20. The number of nitrogens with one attached hydrogen (secondary N) is 1. The molecule has 1 atom stereocenters. The lowest BCUT2D eigenvalue weighted by Crippen LogP contribution is -2.23. The summed E-state index contributed by atoms with van der Waals surface area (Å²) in [5.41, 5.74) is 2.14. The van der Waals surface area contributed by atoms with Crippen LogP contribution in [0.5, 0.6) is 5.75 Å². The maximum atomic E-state index is 6.43. The summed E-state index contributed by atoms with van der Waals surface area (Å²) in [5, 5.41) is 4.87. The summed E-state index contributed by atoms with van der Waals surface area (Å²) < 4.78 is 6.36. The van der Waals surface area contributed by atoms with Crippen LogP contribution in [0, 0.1) is 3.57 Å². The number of halogens is 3. The highest BCUT2D eigenvalue weighted by Crippen LogP contribution is 2.34. The third kappa shape index (κ3) is 4.03. The summed E-state index contributed by atoms with van der Waals surface area (Å²) >= 11 is 14.9. The lowest BCUT2D eigenvalue weighted by Gasteiger charge is -2.22. The molecular formula is C16H16Cl2INO. The molecule has 2 rings (SSSR count). The highest BCUT2D eigenvalue weighted by molar-refractivity contribution is 14.1. The van der Waals surface area contributed by atoms with Gasteiger partial charge in [-0.05, 0) is 70.6 Å². The summed E-state index contributed by atoms with van der Waals surface area (Å²) in [7, 11) is 1.63. The first-order valence-electron chi connectivity index (χ1n) is 6.58. The first kappa shape index (κ1) is 16.9. The molecule has 0 saturated heterocycles. The maximum absolute atomic E-state index is 6.43. The zero-order chi connectivity index (χ0) is 15.4. The van der Waals surface area contributed by atoms with Crippen LogP contribution < -0.4 is 10.1 Å². The van der Waals surface area contributed by atoms with Gasteiger partial charge in [0.15, 0.2) is 0 Å². The zero-order valence-electron chi connectivity index (χ0n) is 11.8. The number of hydrogen-bond donors (Lipinski definition) is 1. The van der Waals surface area contributed by atoms with Crippen molar-refractivity contribution in [2.45, 2.75) is 13.0 Å². The molecule has 2 aromatic carbocycles. The normalized spacial score (nSPS) is 12.2. The Hall–Kier alpha value is -0.490. The molecule has 0 aliphatic rings. The third-order valence-electron chi connectivity index (χ3n) is 3.20. The summed E-state index contributed by atoms with van der Waals surface area (Å²) in [6, 6.07) is 11.6. The predicted octanol–water partition coefficient (Wildman–Crippen LogP) is 5.31. The Kier molecular flexibility index (Phi) is 6.17. The quantitative estimate of drug-likeness (QED) is 0.643. The van der Waals surface area contributed by atoms with E-state index in [1.54, 1.807) is 7.11 Å². The van der Waals surface area contributed by atoms with E-state index in [0.717, 1.165) is 32.0 Å². The molecule has 0 aliphatic carbocycles. The van der Waals surface area contributed by atoms with Crippen molar-refractivity contribution in [2.24, 2.45) is 0 Å². The van der Waals surface area contributed by atoms with Crippen molar-refractivity contribution in [1.29, 1.82) is 0 Å². The van der Waals surface area contributed by atoms with Crippen molar-refractivity contribution in [3.05, 3.63) is 61.1 Å². The molecule has 0 amide bonds. The van der Waals surface area contributed by atoms with Crippen LogP contribution >= 0.6 is 45.8 Å². The van der Waals surface area contributed by atoms with Gasteiger partial charge in [-0.2, -0.15) is 0 Å². The highest BCUT2D eigenvalue weighted by atomic mass is 127. The van der Waals surface area contributed by atoms with Crippen LogP contribution in [0.1, 0.15) is 24.1 Å². The average Bonchev–Trinajstić information content (AvgIpc) is 2.48.